The molecule has 0 radical (unpaired) electrons. The minimum absolute atomic E-state index is 0. The predicted molar refractivity (Wildman–Crippen MR) is 103 cm³/mol. The van der Waals surface area contributed by atoms with Crippen LogP contribution in [0.2, 0.25) is 0 Å². The van der Waals surface area contributed by atoms with Crippen molar-refractivity contribution in [1.29, 1.82) is 0 Å². The second-order valence-electron chi connectivity index (χ2n) is 4.92. The van der Waals surface area contributed by atoms with Gasteiger partial charge in [-0.05, 0) is 38.6 Å². The third-order valence-electron chi connectivity index (χ3n) is 3.28. The molecule has 0 bridgehead atoms. The molecule has 22 heavy (non-hydrogen) atoms. The van der Waals surface area contributed by atoms with E-state index in [0.29, 0.717) is 13.0 Å². The fraction of sp³-hybridized carbons (Fsp3) is 0.562. The van der Waals surface area contributed by atoms with Crippen LogP contribution in [0.5, 0.6) is 0 Å². The normalized spacial score (nSPS) is 11.2. The molecular formula is C16H28FIN4. The lowest BCUT2D eigenvalue weighted by Gasteiger charge is -2.14. The lowest BCUT2D eigenvalue weighted by molar-refractivity contribution is 0.363. The lowest BCUT2D eigenvalue weighted by atomic mass is 10.1. The van der Waals surface area contributed by atoms with Crippen molar-refractivity contribution in [3.8, 4) is 0 Å². The Balaban J connectivity index is 0.00000441. The molecule has 0 spiro atoms. The maximum absolute atomic E-state index is 13.5. The van der Waals surface area contributed by atoms with E-state index in [-0.39, 0.29) is 29.8 Å². The molecule has 126 valence electrons. The van der Waals surface area contributed by atoms with E-state index in [9.17, 15) is 4.39 Å². The molecule has 0 aliphatic rings. The topological polar surface area (TPSA) is 39.7 Å². The van der Waals surface area contributed by atoms with Crippen molar-refractivity contribution in [3.05, 3.63) is 35.6 Å². The molecular weight excluding hydrogens is 394 g/mol. The summed E-state index contributed by atoms with van der Waals surface area (Å²) in [4.78, 5) is 6.73. The number of likely N-dealkylation sites (N-methyl/N-ethyl adjacent to an activating group) is 1. The Kier molecular flexibility index (Phi) is 12.1. The molecule has 0 atom stereocenters. The third kappa shape index (κ3) is 8.53. The fourth-order valence-corrected chi connectivity index (χ4v) is 1.85. The second kappa shape index (κ2) is 12.6. The standard InChI is InChI=1S/C16H27FN4.HI/c1-4-18-16(20-12-13-21(3)5-2)19-11-10-14-8-6-7-9-15(14)17;/h6-9H,4-5,10-13H2,1-3H3,(H2,18,19,20);1H. The predicted octanol–water partition coefficient (Wildman–Crippen LogP) is 2.49. The van der Waals surface area contributed by atoms with Gasteiger partial charge in [-0.2, -0.15) is 0 Å². The van der Waals surface area contributed by atoms with E-state index < -0.39 is 0 Å². The quantitative estimate of drug-likeness (QED) is 0.384. The number of benzene rings is 1. The lowest BCUT2D eigenvalue weighted by Crippen LogP contribution is -2.39. The van der Waals surface area contributed by atoms with Crippen molar-refractivity contribution in [2.45, 2.75) is 20.3 Å². The first-order chi connectivity index (χ1) is 10.2. The molecule has 0 aromatic heterocycles. The summed E-state index contributed by atoms with van der Waals surface area (Å²) in [5, 5.41) is 6.44. The smallest absolute Gasteiger partial charge is 0.191 e. The van der Waals surface area contributed by atoms with Crippen molar-refractivity contribution in [2.75, 3.05) is 39.8 Å². The first-order valence-corrected chi connectivity index (χ1v) is 7.61. The van der Waals surface area contributed by atoms with E-state index in [2.05, 4.69) is 34.5 Å². The van der Waals surface area contributed by atoms with Crippen LogP contribution in [0.1, 0.15) is 19.4 Å². The van der Waals surface area contributed by atoms with Gasteiger partial charge in [0.2, 0.25) is 0 Å². The van der Waals surface area contributed by atoms with Crippen LogP contribution in [0, 0.1) is 5.82 Å². The van der Waals surface area contributed by atoms with Crippen LogP contribution in [0.4, 0.5) is 4.39 Å². The molecule has 1 rings (SSSR count). The molecule has 0 aliphatic carbocycles. The zero-order valence-corrected chi connectivity index (χ0v) is 16.1. The number of rotatable bonds is 8. The van der Waals surface area contributed by atoms with E-state index in [1.807, 2.05) is 19.1 Å². The molecule has 0 aliphatic heterocycles. The summed E-state index contributed by atoms with van der Waals surface area (Å²) in [6, 6.07) is 6.88. The number of guanidine groups is 1. The summed E-state index contributed by atoms with van der Waals surface area (Å²) in [6.45, 7) is 8.34. The van der Waals surface area contributed by atoms with Gasteiger partial charge < -0.3 is 15.5 Å². The van der Waals surface area contributed by atoms with E-state index in [1.165, 1.54) is 6.07 Å². The van der Waals surface area contributed by atoms with Crippen molar-refractivity contribution < 1.29 is 4.39 Å². The van der Waals surface area contributed by atoms with Crippen molar-refractivity contribution in [1.82, 2.24) is 15.5 Å². The van der Waals surface area contributed by atoms with Gasteiger partial charge >= 0.3 is 0 Å². The Morgan fingerprint density at radius 3 is 2.59 bits per heavy atom. The first-order valence-electron chi connectivity index (χ1n) is 7.61. The SMILES string of the molecule is CCNC(=NCCN(C)CC)NCCc1ccccc1F.I. The second-order valence-corrected chi connectivity index (χ2v) is 4.92. The number of hydrogen-bond acceptors (Lipinski definition) is 2. The molecule has 1 aromatic rings. The fourth-order valence-electron chi connectivity index (χ4n) is 1.85. The first kappa shape index (κ1) is 21.1. The minimum Gasteiger partial charge on any atom is -0.357 e. The average molecular weight is 422 g/mol. The molecule has 0 unspecified atom stereocenters. The number of halogens is 2. The monoisotopic (exact) mass is 422 g/mol. The van der Waals surface area contributed by atoms with Gasteiger partial charge in [-0.1, -0.05) is 25.1 Å². The highest BCUT2D eigenvalue weighted by atomic mass is 127. The Hall–Kier alpha value is -0.890. The van der Waals surface area contributed by atoms with Gasteiger partial charge in [-0.3, -0.25) is 4.99 Å². The minimum atomic E-state index is -0.147. The molecule has 0 saturated heterocycles. The summed E-state index contributed by atoms with van der Waals surface area (Å²) in [7, 11) is 2.08. The highest BCUT2D eigenvalue weighted by Gasteiger charge is 2.02. The maximum atomic E-state index is 13.5. The highest BCUT2D eigenvalue weighted by Crippen LogP contribution is 2.05. The van der Waals surface area contributed by atoms with Gasteiger partial charge in [0.1, 0.15) is 5.82 Å². The van der Waals surface area contributed by atoms with Crippen LogP contribution >= 0.6 is 24.0 Å². The van der Waals surface area contributed by atoms with E-state index >= 15 is 0 Å². The van der Waals surface area contributed by atoms with Crippen LogP contribution in [0.25, 0.3) is 0 Å². The molecule has 0 saturated carbocycles. The third-order valence-corrected chi connectivity index (χ3v) is 3.28. The molecule has 4 nitrogen and oxygen atoms in total. The van der Waals surface area contributed by atoms with E-state index in [4.69, 9.17) is 0 Å². The van der Waals surface area contributed by atoms with Gasteiger partial charge in [0.05, 0.1) is 6.54 Å². The van der Waals surface area contributed by atoms with Gasteiger partial charge in [0.15, 0.2) is 5.96 Å². The molecule has 0 amide bonds. The Morgan fingerprint density at radius 2 is 1.95 bits per heavy atom. The van der Waals surface area contributed by atoms with Crippen LogP contribution in [0.15, 0.2) is 29.3 Å². The van der Waals surface area contributed by atoms with Gasteiger partial charge in [-0.15, -0.1) is 24.0 Å². The van der Waals surface area contributed by atoms with E-state index in [1.54, 1.807) is 6.07 Å². The number of hydrogen-bond donors (Lipinski definition) is 2. The highest BCUT2D eigenvalue weighted by molar-refractivity contribution is 14.0. The van der Waals surface area contributed by atoms with Gasteiger partial charge in [0.25, 0.3) is 0 Å². The van der Waals surface area contributed by atoms with Crippen molar-refractivity contribution >= 4 is 29.9 Å². The summed E-state index contributed by atoms with van der Waals surface area (Å²) < 4.78 is 13.5. The van der Waals surface area contributed by atoms with Crippen molar-refractivity contribution in [3.63, 3.8) is 0 Å². The molecule has 1 aromatic carbocycles. The van der Waals surface area contributed by atoms with Crippen molar-refractivity contribution in [2.24, 2.45) is 4.99 Å². The molecule has 0 fully saturated rings. The zero-order chi connectivity index (χ0) is 15.5. The van der Waals surface area contributed by atoms with Crippen LogP contribution in [-0.2, 0) is 6.42 Å². The molecule has 2 N–H and O–H groups in total. The summed E-state index contributed by atoms with van der Waals surface area (Å²) >= 11 is 0. The summed E-state index contributed by atoms with van der Waals surface area (Å²) in [5.74, 6) is 0.643. The number of aliphatic imine (C=N–C) groups is 1. The Labute approximate surface area is 150 Å². The Bertz CT molecular complexity index is 440. The largest absolute Gasteiger partial charge is 0.357 e. The van der Waals surface area contributed by atoms with Crippen LogP contribution in [0.3, 0.4) is 0 Å². The van der Waals surface area contributed by atoms with Gasteiger partial charge in [-0.25, -0.2) is 4.39 Å². The maximum Gasteiger partial charge on any atom is 0.191 e. The summed E-state index contributed by atoms with van der Waals surface area (Å²) in [6.07, 6.45) is 0.645. The number of nitrogens with zero attached hydrogens (tertiary/aromatic N) is 2. The van der Waals surface area contributed by atoms with Crippen LogP contribution < -0.4 is 10.6 Å². The number of nitrogens with one attached hydrogen (secondary N) is 2. The van der Waals surface area contributed by atoms with Gasteiger partial charge in [0, 0.05) is 19.6 Å². The van der Waals surface area contributed by atoms with Crippen LogP contribution in [-0.4, -0.2) is 50.6 Å². The molecule has 6 heteroatoms. The average Bonchev–Trinajstić information content (AvgIpc) is 2.49. The summed E-state index contributed by atoms with van der Waals surface area (Å²) in [5.41, 5.74) is 0.728. The Morgan fingerprint density at radius 1 is 1.23 bits per heavy atom. The van der Waals surface area contributed by atoms with E-state index in [0.717, 1.165) is 37.7 Å². The molecule has 0 heterocycles. The zero-order valence-electron chi connectivity index (χ0n) is 13.7.